The molecule has 0 bridgehead atoms. The maximum Gasteiger partial charge on any atom is 0.0462 e. The summed E-state index contributed by atoms with van der Waals surface area (Å²) in [5.41, 5.74) is 4.09. The number of aliphatic hydroxyl groups excluding tert-OH is 1. The van der Waals surface area contributed by atoms with Gasteiger partial charge in [0, 0.05) is 13.2 Å². The summed E-state index contributed by atoms with van der Waals surface area (Å²) in [6.07, 6.45) is 5.09. The zero-order valence-electron chi connectivity index (χ0n) is 12.3. The van der Waals surface area contributed by atoms with Crippen LogP contribution in [-0.2, 0) is 6.54 Å². The zero-order chi connectivity index (χ0) is 13.7. The van der Waals surface area contributed by atoms with E-state index in [-0.39, 0.29) is 0 Å². The van der Waals surface area contributed by atoms with Crippen molar-refractivity contribution >= 4 is 0 Å². The fourth-order valence-electron chi connectivity index (χ4n) is 3.18. The molecule has 0 radical (unpaired) electrons. The Kier molecular flexibility index (Phi) is 5.41. The minimum Gasteiger partial charge on any atom is -0.396 e. The quantitative estimate of drug-likeness (QED) is 0.853. The fraction of sp³-hybridized carbons (Fsp3) is 0.647. The molecule has 106 valence electrons. The lowest BCUT2D eigenvalue weighted by Gasteiger charge is -2.30. The molecule has 0 heterocycles. The summed E-state index contributed by atoms with van der Waals surface area (Å²) in [6, 6.07) is 6.64. The number of hydrogen-bond acceptors (Lipinski definition) is 2. The van der Waals surface area contributed by atoms with E-state index < -0.39 is 0 Å². The van der Waals surface area contributed by atoms with Crippen molar-refractivity contribution in [2.75, 3.05) is 13.2 Å². The molecule has 2 nitrogen and oxygen atoms in total. The average Bonchev–Trinajstić information content (AvgIpc) is 2.43. The summed E-state index contributed by atoms with van der Waals surface area (Å²) in [7, 11) is 0. The Labute approximate surface area is 117 Å². The first-order valence-electron chi connectivity index (χ1n) is 7.58. The molecule has 2 heteroatoms. The van der Waals surface area contributed by atoms with Gasteiger partial charge >= 0.3 is 0 Å². The maximum absolute atomic E-state index is 9.43. The Morgan fingerprint density at radius 2 is 1.89 bits per heavy atom. The molecule has 0 aliphatic heterocycles. The Morgan fingerprint density at radius 3 is 2.63 bits per heavy atom. The largest absolute Gasteiger partial charge is 0.396 e. The first-order valence-corrected chi connectivity index (χ1v) is 7.58. The van der Waals surface area contributed by atoms with E-state index in [4.69, 9.17) is 0 Å². The highest BCUT2D eigenvalue weighted by atomic mass is 16.3. The van der Waals surface area contributed by atoms with E-state index in [1.807, 2.05) is 0 Å². The van der Waals surface area contributed by atoms with Crippen LogP contribution in [0.3, 0.4) is 0 Å². The number of aliphatic hydroxyl groups is 1. The van der Waals surface area contributed by atoms with Crippen LogP contribution in [0.5, 0.6) is 0 Å². The lowest BCUT2D eigenvalue weighted by molar-refractivity contribution is 0.133. The Morgan fingerprint density at radius 1 is 1.16 bits per heavy atom. The predicted molar refractivity (Wildman–Crippen MR) is 80.2 cm³/mol. The van der Waals surface area contributed by atoms with E-state index in [2.05, 4.69) is 37.4 Å². The second-order valence-corrected chi connectivity index (χ2v) is 6.05. The molecule has 1 aromatic rings. The van der Waals surface area contributed by atoms with Crippen molar-refractivity contribution in [3.8, 4) is 0 Å². The van der Waals surface area contributed by atoms with E-state index in [1.165, 1.54) is 42.4 Å². The molecule has 2 rings (SSSR count). The van der Waals surface area contributed by atoms with Crippen molar-refractivity contribution in [2.45, 2.75) is 46.1 Å². The van der Waals surface area contributed by atoms with Crippen LogP contribution in [0.4, 0.5) is 0 Å². The van der Waals surface area contributed by atoms with Gasteiger partial charge in [-0.15, -0.1) is 0 Å². The van der Waals surface area contributed by atoms with Gasteiger partial charge in [0.1, 0.15) is 0 Å². The van der Waals surface area contributed by atoms with Crippen LogP contribution in [0, 0.1) is 25.7 Å². The second-order valence-electron chi connectivity index (χ2n) is 6.05. The predicted octanol–water partition coefficient (Wildman–Crippen LogP) is 3.19. The van der Waals surface area contributed by atoms with Gasteiger partial charge in [0.05, 0.1) is 0 Å². The zero-order valence-corrected chi connectivity index (χ0v) is 12.3. The van der Waals surface area contributed by atoms with Crippen molar-refractivity contribution in [2.24, 2.45) is 11.8 Å². The molecule has 2 unspecified atom stereocenters. The van der Waals surface area contributed by atoms with E-state index in [9.17, 15) is 5.11 Å². The highest BCUT2D eigenvalue weighted by Gasteiger charge is 2.23. The molecule has 0 spiro atoms. The minimum atomic E-state index is 0.357. The molecule has 0 amide bonds. The summed E-state index contributed by atoms with van der Waals surface area (Å²) < 4.78 is 0. The van der Waals surface area contributed by atoms with Gasteiger partial charge < -0.3 is 10.4 Å². The van der Waals surface area contributed by atoms with Gasteiger partial charge in [-0.3, -0.25) is 0 Å². The summed E-state index contributed by atoms with van der Waals surface area (Å²) in [6.45, 7) is 6.66. The molecule has 0 aromatic heterocycles. The molecule has 1 aromatic carbocycles. The molecule has 0 saturated heterocycles. The van der Waals surface area contributed by atoms with Crippen LogP contribution < -0.4 is 5.32 Å². The summed E-state index contributed by atoms with van der Waals surface area (Å²) in [5.74, 6) is 1.17. The van der Waals surface area contributed by atoms with E-state index in [0.717, 1.165) is 13.1 Å². The molecule has 1 aliphatic carbocycles. The fourth-order valence-corrected chi connectivity index (χ4v) is 3.18. The standard InChI is InChI=1S/C17H27NO/c1-13-7-8-14(2)17(9-13)11-18-10-15-5-3-4-6-16(15)12-19/h7-9,15-16,18-19H,3-6,10-12H2,1-2H3. The molecule has 1 aliphatic rings. The summed E-state index contributed by atoms with van der Waals surface area (Å²) in [4.78, 5) is 0. The minimum absolute atomic E-state index is 0.357. The molecule has 1 saturated carbocycles. The number of rotatable bonds is 5. The normalized spacial score (nSPS) is 23.5. The number of benzene rings is 1. The van der Waals surface area contributed by atoms with Gasteiger partial charge in [0.25, 0.3) is 0 Å². The van der Waals surface area contributed by atoms with Crippen molar-refractivity contribution in [3.05, 3.63) is 34.9 Å². The third kappa shape index (κ3) is 4.05. The molecular weight excluding hydrogens is 234 g/mol. The van der Waals surface area contributed by atoms with E-state index in [1.54, 1.807) is 0 Å². The van der Waals surface area contributed by atoms with E-state index >= 15 is 0 Å². The topological polar surface area (TPSA) is 32.3 Å². The highest BCUT2D eigenvalue weighted by Crippen LogP contribution is 2.29. The van der Waals surface area contributed by atoms with Gasteiger partial charge in [0.15, 0.2) is 0 Å². The summed E-state index contributed by atoms with van der Waals surface area (Å²) >= 11 is 0. The molecule has 2 N–H and O–H groups in total. The van der Waals surface area contributed by atoms with Gasteiger partial charge in [-0.05, 0) is 56.2 Å². The van der Waals surface area contributed by atoms with Gasteiger partial charge in [-0.1, -0.05) is 36.6 Å². The van der Waals surface area contributed by atoms with Crippen molar-refractivity contribution in [3.63, 3.8) is 0 Å². The molecule has 2 atom stereocenters. The van der Waals surface area contributed by atoms with Crippen molar-refractivity contribution in [1.29, 1.82) is 0 Å². The summed E-state index contributed by atoms with van der Waals surface area (Å²) in [5, 5.41) is 13.0. The SMILES string of the molecule is Cc1ccc(C)c(CNCC2CCCCC2CO)c1. The van der Waals surface area contributed by atoms with Crippen molar-refractivity contribution < 1.29 is 5.11 Å². The van der Waals surface area contributed by atoms with Crippen LogP contribution in [0.2, 0.25) is 0 Å². The second kappa shape index (κ2) is 7.06. The lowest BCUT2D eigenvalue weighted by Crippen LogP contribution is -2.32. The van der Waals surface area contributed by atoms with E-state index in [0.29, 0.717) is 18.4 Å². The number of hydrogen-bond donors (Lipinski definition) is 2. The molecule has 19 heavy (non-hydrogen) atoms. The first kappa shape index (κ1) is 14.5. The Hall–Kier alpha value is -0.860. The van der Waals surface area contributed by atoms with Crippen LogP contribution in [0.25, 0.3) is 0 Å². The number of aryl methyl sites for hydroxylation is 2. The monoisotopic (exact) mass is 261 g/mol. The highest BCUT2D eigenvalue weighted by molar-refractivity contribution is 5.30. The maximum atomic E-state index is 9.43. The lowest BCUT2D eigenvalue weighted by atomic mass is 9.79. The third-order valence-electron chi connectivity index (χ3n) is 4.53. The Bertz CT molecular complexity index is 402. The number of nitrogens with one attached hydrogen (secondary N) is 1. The smallest absolute Gasteiger partial charge is 0.0462 e. The Balaban J connectivity index is 1.83. The van der Waals surface area contributed by atoms with Crippen LogP contribution in [0.1, 0.15) is 42.4 Å². The average molecular weight is 261 g/mol. The van der Waals surface area contributed by atoms with Crippen molar-refractivity contribution in [1.82, 2.24) is 5.32 Å². The third-order valence-corrected chi connectivity index (χ3v) is 4.53. The van der Waals surface area contributed by atoms with Gasteiger partial charge in [-0.25, -0.2) is 0 Å². The van der Waals surface area contributed by atoms with Crippen LogP contribution in [-0.4, -0.2) is 18.3 Å². The molecule has 1 fully saturated rings. The van der Waals surface area contributed by atoms with Gasteiger partial charge in [0.2, 0.25) is 0 Å². The van der Waals surface area contributed by atoms with Crippen LogP contribution in [0.15, 0.2) is 18.2 Å². The van der Waals surface area contributed by atoms with Crippen LogP contribution >= 0.6 is 0 Å². The molecular formula is C17H27NO. The first-order chi connectivity index (χ1) is 9.20. The van der Waals surface area contributed by atoms with Gasteiger partial charge in [-0.2, -0.15) is 0 Å².